The molecule has 0 atom stereocenters. The summed E-state index contributed by atoms with van der Waals surface area (Å²) in [5, 5.41) is 4.16. The minimum atomic E-state index is 0.243. The number of nitrogens with two attached hydrogens (primary N) is 2. The summed E-state index contributed by atoms with van der Waals surface area (Å²) in [5.74, 6) is 0.669. The van der Waals surface area contributed by atoms with Crippen molar-refractivity contribution in [2.75, 3.05) is 25.2 Å². The lowest BCUT2D eigenvalue weighted by atomic mass is 10.4. The van der Waals surface area contributed by atoms with E-state index in [1.165, 1.54) is 0 Å². The van der Waals surface area contributed by atoms with Crippen molar-refractivity contribution in [3.63, 3.8) is 0 Å². The zero-order chi connectivity index (χ0) is 11.3. The van der Waals surface area contributed by atoms with Gasteiger partial charge >= 0.3 is 11.7 Å². The molecule has 15 heavy (non-hydrogen) atoms. The summed E-state index contributed by atoms with van der Waals surface area (Å²) in [7, 11) is 1.64. The third-order valence-electron chi connectivity index (χ3n) is 2.02. The zero-order valence-corrected chi connectivity index (χ0v) is 9.42. The van der Waals surface area contributed by atoms with Gasteiger partial charge in [-0.15, -0.1) is 0 Å². The van der Waals surface area contributed by atoms with E-state index in [0.29, 0.717) is 42.0 Å². The van der Waals surface area contributed by atoms with Gasteiger partial charge in [0.15, 0.2) is 5.69 Å². The third kappa shape index (κ3) is 2.87. The normalized spacial score (nSPS) is 10.5. The van der Waals surface area contributed by atoms with Crippen LogP contribution in [0.4, 0.5) is 11.5 Å². The number of aromatic nitrogens is 2. The third-order valence-corrected chi connectivity index (χ3v) is 2.41. The van der Waals surface area contributed by atoms with Crippen LogP contribution in [0.1, 0.15) is 12.1 Å². The van der Waals surface area contributed by atoms with E-state index in [1.54, 1.807) is 11.8 Å². The summed E-state index contributed by atoms with van der Waals surface area (Å²) in [6.07, 6.45) is 0.811. The SMILES string of the molecule is COCCCn1nc(C[S+]=O)c(N)c1N. The Morgan fingerprint density at radius 2 is 2.27 bits per heavy atom. The summed E-state index contributed by atoms with van der Waals surface area (Å²) in [4.78, 5) is 0. The minimum absolute atomic E-state index is 0.243. The maximum absolute atomic E-state index is 10.4. The first kappa shape index (κ1) is 11.9. The van der Waals surface area contributed by atoms with Gasteiger partial charge in [0.1, 0.15) is 11.5 Å². The standard InChI is InChI=1S/C8H15N4O2S/c1-14-4-2-3-12-8(10)7(9)6(11-12)5-15-13/h2-5,9-10H2,1H3/q+1. The summed E-state index contributed by atoms with van der Waals surface area (Å²) in [6, 6.07) is 0. The number of hydrogen-bond acceptors (Lipinski definition) is 5. The number of ether oxygens (including phenoxy) is 1. The summed E-state index contributed by atoms with van der Waals surface area (Å²) in [6.45, 7) is 1.29. The van der Waals surface area contributed by atoms with Crippen molar-refractivity contribution < 1.29 is 8.95 Å². The van der Waals surface area contributed by atoms with Crippen molar-refractivity contribution in [1.29, 1.82) is 0 Å². The lowest BCUT2D eigenvalue weighted by molar-refractivity contribution is 0.189. The second-order valence-electron chi connectivity index (χ2n) is 3.08. The van der Waals surface area contributed by atoms with Crippen LogP contribution in [0.3, 0.4) is 0 Å². The van der Waals surface area contributed by atoms with E-state index in [-0.39, 0.29) is 5.75 Å². The van der Waals surface area contributed by atoms with Crippen LogP contribution >= 0.6 is 0 Å². The quantitative estimate of drug-likeness (QED) is 0.531. The molecule has 1 rings (SSSR count). The first-order valence-corrected chi connectivity index (χ1v) is 5.46. The van der Waals surface area contributed by atoms with Gasteiger partial charge in [0.05, 0.1) is 0 Å². The molecule has 0 unspecified atom stereocenters. The van der Waals surface area contributed by atoms with Crippen molar-refractivity contribution in [1.82, 2.24) is 9.78 Å². The van der Waals surface area contributed by atoms with Gasteiger partial charge in [0.2, 0.25) is 0 Å². The van der Waals surface area contributed by atoms with Gasteiger partial charge in [0.25, 0.3) is 5.75 Å². The van der Waals surface area contributed by atoms with Crippen LogP contribution in [-0.2, 0) is 32.9 Å². The van der Waals surface area contributed by atoms with Gasteiger partial charge in [-0.2, -0.15) is 5.10 Å². The maximum Gasteiger partial charge on any atom is 0.465 e. The Labute approximate surface area is 92.1 Å². The van der Waals surface area contributed by atoms with E-state index in [9.17, 15) is 4.21 Å². The summed E-state index contributed by atoms with van der Waals surface area (Å²) >= 11 is 0.433. The van der Waals surface area contributed by atoms with Crippen LogP contribution in [0.5, 0.6) is 0 Å². The molecular formula is C8H15N4O2S+. The molecule has 1 heterocycles. The average Bonchev–Trinajstić information content (AvgIpc) is 2.48. The molecule has 84 valence electrons. The molecule has 0 radical (unpaired) electrons. The highest BCUT2D eigenvalue weighted by Gasteiger charge is 2.16. The highest BCUT2D eigenvalue weighted by molar-refractivity contribution is 7.64. The summed E-state index contributed by atoms with van der Waals surface area (Å²) < 4.78 is 16.9. The first-order chi connectivity index (χ1) is 7.20. The van der Waals surface area contributed by atoms with Gasteiger partial charge in [-0.3, -0.25) is 0 Å². The number of aryl methyl sites for hydroxylation is 1. The fraction of sp³-hybridized carbons (Fsp3) is 0.625. The Kier molecular flexibility index (Phi) is 4.44. The van der Waals surface area contributed by atoms with Crippen LogP contribution in [-0.4, -0.2) is 23.5 Å². The molecule has 0 aliphatic heterocycles. The smallest absolute Gasteiger partial charge is 0.394 e. The number of nitrogens with zero attached hydrogens (tertiary/aromatic N) is 2. The number of methoxy groups -OCH3 is 1. The molecule has 0 saturated carbocycles. The molecule has 1 aromatic rings. The Morgan fingerprint density at radius 1 is 1.53 bits per heavy atom. The van der Waals surface area contributed by atoms with E-state index < -0.39 is 0 Å². The molecule has 0 aromatic carbocycles. The van der Waals surface area contributed by atoms with E-state index in [4.69, 9.17) is 16.2 Å². The van der Waals surface area contributed by atoms with Crippen molar-refractivity contribution in [3.05, 3.63) is 5.69 Å². The van der Waals surface area contributed by atoms with Crippen molar-refractivity contribution in [3.8, 4) is 0 Å². The molecule has 0 aliphatic rings. The van der Waals surface area contributed by atoms with Gasteiger partial charge in [-0.05, 0) is 6.42 Å². The Balaban J connectivity index is 2.71. The molecule has 0 fully saturated rings. The molecule has 0 aliphatic carbocycles. The van der Waals surface area contributed by atoms with E-state index in [0.717, 1.165) is 6.42 Å². The predicted molar refractivity (Wildman–Crippen MR) is 59.3 cm³/mol. The Bertz CT molecular complexity index is 340. The van der Waals surface area contributed by atoms with Gasteiger partial charge < -0.3 is 16.2 Å². The summed E-state index contributed by atoms with van der Waals surface area (Å²) in [5.41, 5.74) is 12.4. The van der Waals surface area contributed by atoms with Crippen molar-refractivity contribution >= 4 is 23.2 Å². The lowest BCUT2D eigenvalue weighted by Crippen LogP contribution is -2.07. The van der Waals surface area contributed by atoms with Crippen LogP contribution in [0, 0.1) is 0 Å². The van der Waals surface area contributed by atoms with Crippen LogP contribution in [0.25, 0.3) is 0 Å². The van der Waals surface area contributed by atoms with Gasteiger partial charge in [-0.1, -0.05) is 0 Å². The highest BCUT2D eigenvalue weighted by Crippen LogP contribution is 2.19. The van der Waals surface area contributed by atoms with Crippen LogP contribution < -0.4 is 11.5 Å². The van der Waals surface area contributed by atoms with E-state index >= 15 is 0 Å². The Morgan fingerprint density at radius 3 is 2.87 bits per heavy atom. The molecule has 4 N–H and O–H groups in total. The average molecular weight is 231 g/mol. The van der Waals surface area contributed by atoms with Gasteiger partial charge in [0, 0.05) is 24.5 Å². The van der Waals surface area contributed by atoms with Crippen molar-refractivity contribution in [2.45, 2.75) is 18.7 Å². The molecule has 0 saturated heterocycles. The largest absolute Gasteiger partial charge is 0.465 e. The molecule has 6 nitrogen and oxygen atoms in total. The van der Waals surface area contributed by atoms with Crippen LogP contribution in [0.2, 0.25) is 0 Å². The molecule has 0 spiro atoms. The molecule has 0 amide bonds. The second-order valence-corrected chi connectivity index (χ2v) is 3.60. The molecule has 7 heteroatoms. The molecular weight excluding hydrogens is 216 g/mol. The molecule has 1 aromatic heterocycles. The monoisotopic (exact) mass is 231 g/mol. The second kappa shape index (κ2) is 5.62. The zero-order valence-electron chi connectivity index (χ0n) is 8.60. The minimum Gasteiger partial charge on any atom is -0.394 e. The lowest BCUT2D eigenvalue weighted by Gasteiger charge is -2.02. The topological polar surface area (TPSA) is 96.2 Å². The number of rotatable bonds is 6. The van der Waals surface area contributed by atoms with E-state index in [1.807, 2.05) is 0 Å². The Hall–Kier alpha value is -1.21. The van der Waals surface area contributed by atoms with Crippen LogP contribution in [0.15, 0.2) is 0 Å². The fourth-order valence-electron chi connectivity index (χ4n) is 1.23. The van der Waals surface area contributed by atoms with E-state index in [2.05, 4.69) is 5.10 Å². The highest BCUT2D eigenvalue weighted by atomic mass is 32.1. The number of hydrogen-bond donors (Lipinski definition) is 2. The predicted octanol–water partition coefficient (Wildman–Crippen LogP) is 0.0121. The number of nitrogen functional groups attached to an aromatic ring is 2. The maximum atomic E-state index is 10.4. The number of anilines is 2. The fourth-order valence-corrected chi connectivity index (χ4v) is 1.56. The van der Waals surface area contributed by atoms with Gasteiger partial charge in [-0.25, -0.2) is 4.68 Å². The molecule has 0 bridgehead atoms. The first-order valence-electron chi connectivity index (χ1n) is 4.55. The van der Waals surface area contributed by atoms with Crippen molar-refractivity contribution in [2.24, 2.45) is 0 Å².